The van der Waals surface area contributed by atoms with Crippen LogP contribution < -0.4 is 0 Å². The van der Waals surface area contributed by atoms with Crippen LogP contribution in [-0.2, 0) is 31.3 Å². The van der Waals surface area contributed by atoms with Gasteiger partial charge in [0.1, 0.15) is 0 Å². The summed E-state index contributed by atoms with van der Waals surface area (Å²) in [6.45, 7) is 13.5. The fourth-order valence-corrected chi connectivity index (χ4v) is 0.711. The first-order valence-electron chi connectivity index (χ1n) is 2.82. The van der Waals surface area contributed by atoms with Gasteiger partial charge in [-0.2, -0.15) is 0 Å². The summed E-state index contributed by atoms with van der Waals surface area (Å²) in [5, 5.41) is 1.21. The first-order valence-corrected chi connectivity index (χ1v) is 3.57. The molecular weight excluding hydrogens is 279 g/mol. The molecule has 0 amide bonds. The topological polar surface area (TPSA) is 59.7 Å². The molecule has 0 aliphatic rings. The van der Waals surface area contributed by atoms with Crippen LogP contribution >= 0.6 is 23.2 Å². The minimum Gasteiger partial charge on any atom is 6.00 e. The standard InChI is InChI=1S/C6H4Cl2.3CO.Cr/c7-5-3-1-2-4-6(5)8;3*1-2;/h1-4H;;;;/q;;;;+6. The fraction of sp³-hybridized carbons (Fsp3) is 0. The van der Waals surface area contributed by atoms with Crippen LogP contribution in [0.4, 0.5) is 0 Å². The summed E-state index contributed by atoms with van der Waals surface area (Å²) in [5.41, 5.74) is 0. The molecule has 0 saturated heterocycles. The summed E-state index contributed by atoms with van der Waals surface area (Å²) in [5.74, 6) is 0. The zero-order valence-corrected chi connectivity index (χ0v) is 9.99. The molecule has 3 nitrogen and oxygen atoms in total. The van der Waals surface area contributed by atoms with Crippen molar-refractivity contribution in [2.24, 2.45) is 0 Å². The maximum Gasteiger partial charge on any atom is 6.00 e. The summed E-state index contributed by atoms with van der Waals surface area (Å²) in [6, 6.07) is 7.19. The minimum absolute atomic E-state index is 0. The molecule has 15 heavy (non-hydrogen) atoms. The van der Waals surface area contributed by atoms with Gasteiger partial charge < -0.3 is 0 Å². The van der Waals surface area contributed by atoms with Crippen molar-refractivity contribution in [3.63, 3.8) is 0 Å². The SMILES string of the molecule is Clc1ccccc1Cl.[C-]#[O+].[C-]#[O+].[C-]#[O+].[Cr+6]. The Labute approximate surface area is 109 Å². The molecule has 6 heteroatoms. The quantitative estimate of drug-likeness (QED) is 0.519. The van der Waals surface area contributed by atoms with Crippen LogP contribution in [0.15, 0.2) is 24.3 Å². The van der Waals surface area contributed by atoms with E-state index in [4.69, 9.17) is 37.2 Å². The zero-order valence-electron chi connectivity index (χ0n) is 7.20. The molecular formula is C9H4Cl2CrO3+6. The van der Waals surface area contributed by atoms with Crippen molar-refractivity contribution in [3.8, 4) is 0 Å². The van der Waals surface area contributed by atoms with Crippen LogP contribution in [-0.4, -0.2) is 0 Å². The van der Waals surface area contributed by atoms with E-state index in [0.29, 0.717) is 10.0 Å². The second-order valence-corrected chi connectivity index (χ2v) is 2.23. The van der Waals surface area contributed by atoms with Crippen molar-refractivity contribution in [1.29, 1.82) is 0 Å². The molecule has 1 rings (SSSR count). The Kier molecular flexibility index (Phi) is 37.4. The maximum absolute atomic E-state index is 7.50. The molecule has 1 aromatic rings. The number of hydrogen-bond acceptors (Lipinski definition) is 0. The van der Waals surface area contributed by atoms with E-state index in [0.717, 1.165) is 0 Å². The van der Waals surface area contributed by atoms with Crippen molar-refractivity contribution >= 4 is 23.2 Å². The molecule has 0 spiro atoms. The van der Waals surface area contributed by atoms with Crippen LogP contribution in [0.5, 0.6) is 0 Å². The molecule has 0 N–H and O–H groups in total. The van der Waals surface area contributed by atoms with Gasteiger partial charge in [-0.05, 0) is 12.1 Å². The smallest absolute Gasteiger partial charge is 6.00 e. The third-order valence-electron chi connectivity index (χ3n) is 0.824. The Morgan fingerprint density at radius 3 is 1.07 bits per heavy atom. The molecule has 0 atom stereocenters. The summed E-state index contributed by atoms with van der Waals surface area (Å²) < 4.78 is 22.5. The van der Waals surface area contributed by atoms with Crippen LogP contribution in [0, 0.1) is 20.0 Å². The Balaban J connectivity index is -0.0000000755. The van der Waals surface area contributed by atoms with E-state index in [-0.39, 0.29) is 17.4 Å². The van der Waals surface area contributed by atoms with Gasteiger partial charge in [0.2, 0.25) is 0 Å². The molecule has 0 bridgehead atoms. The van der Waals surface area contributed by atoms with Crippen molar-refractivity contribution in [2.75, 3.05) is 0 Å². The molecule has 0 aliphatic carbocycles. The van der Waals surface area contributed by atoms with E-state index in [1.807, 2.05) is 12.1 Å². The molecule has 0 aliphatic heterocycles. The van der Waals surface area contributed by atoms with Crippen LogP contribution in [0.2, 0.25) is 10.0 Å². The monoisotopic (exact) mass is 282 g/mol. The predicted octanol–water partition coefficient (Wildman–Crippen LogP) is 2.88. The molecule has 0 radical (unpaired) electrons. The summed E-state index contributed by atoms with van der Waals surface area (Å²) >= 11 is 11.2. The average molecular weight is 283 g/mol. The second-order valence-electron chi connectivity index (χ2n) is 1.41. The van der Waals surface area contributed by atoms with E-state index in [1.165, 1.54) is 0 Å². The third kappa shape index (κ3) is 16.2. The number of hydrogen-bond donors (Lipinski definition) is 0. The summed E-state index contributed by atoms with van der Waals surface area (Å²) in [7, 11) is 0. The van der Waals surface area contributed by atoms with E-state index in [1.54, 1.807) is 12.1 Å². The molecule has 72 valence electrons. The minimum atomic E-state index is 0. The van der Waals surface area contributed by atoms with Gasteiger partial charge >= 0.3 is 51.3 Å². The van der Waals surface area contributed by atoms with Gasteiger partial charge in [0, 0.05) is 0 Å². The molecule has 0 saturated carbocycles. The number of halogens is 2. The van der Waals surface area contributed by atoms with Crippen molar-refractivity contribution < 1.29 is 31.3 Å². The van der Waals surface area contributed by atoms with Gasteiger partial charge in [-0.1, -0.05) is 35.3 Å². The first kappa shape index (κ1) is 24.0. The number of benzene rings is 1. The molecule has 0 fully saturated rings. The van der Waals surface area contributed by atoms with Crippen molar-refractivity contribution in [1.82, 2.24) is 0 Å². The van der Waals surface area contributed by atoms with E-state index in [2.05, 4.69) is 20.0 Å². The van der Waals surface area contributed by atoms with E-state index >= 15 is 0 Å². The summed E-state index contributed by atoms with van der Waals surface area (Å²) in [6.07, 6.45) is 0. The van der Waals surface area contributed by atoms with Gasteiger partial charge in [0.25, 0.3) is 0 Å². The van der Waals surface area contributed by atoms with Gasteiger partial charge in [-0.3, -0.25) is 0 Å². The van der Waals surface area contributed by atoms with Crippen molar-refractivity contribution in [3.05, 3.63) is 54.3 Å². The van der Waals surface area contributed by atoms with Gasteiger partial charge in [-0.15, -0.1) is 0 Å². The van der Waals surface area contributed by atoms with Gasteiger partial charge in [0.15, 0.2) is 0 Å². The van der Waals surface area contributed by atoms with Gasteiger partial charge in [0.05, 0.1) is 10.0 Å². The second kappa shape index (κ2) is 23.4. The van der Waals surface area contributed by atoms with Gasteiger partial charge in [-0.25, -0.2) is 0 Å². The zero-order chi connectivity index (χ0) is 12.0. The molecule has 1 aromatic carbocycles. The van der Waals surface area contributed by atoms with E-state index < -0.39 is 0 Å². The molecule has 0 unspecified atom stereocenters. The Morgan fingerprint density at radius 2 is 0.933 bits per heavy atom. The first-order chi connectivity index (χ1) is 6.80. The Hall–Kier alpha value is -0.448. The summed E-state index contributed by atoms with van der Waals surface area (Å²) in [4.78, 5) is 0. The van der Waals surface area contributed by atoms with Crippen LogP contribution in [0.25, 0.3) is 0 Å². The Bertz CT molecular complexity index is 262. The third-order valence-corrected chi connectivity index (χ3v) is 1.58. The predicted molar refractivity (Wildman–Crippen MR) is 48.3 cm³/mol. The number of rotatable bonds is 0. The molecule has 0 heterocycles. The van der Waals surface area contributed by atoms with Crippen LogP contribution in [0.3, 0.4) is 0 Å². The average Bonchev–Trinajstić information content (AvgIpc) is 2.31. The van der Waals surface area contributed by atoms with Crippen molar-refractivity contribution in [2.45, 2.75) is 0 Å². The maximum atomic E-state index is 7.50. The fourth-order valence-electron chi connectivity index (χ4n) is 0.439. The normalized spacial score (nSPS) is 5.33. The van der Waals surface area contributed by atoms with Crippen LogP contribution in [0.1, 0.15) is 0 Å². The molecule has 0 aromatic heterocycles. The largest absolute Gasteiger partial charge is 6.00 e. The van der Waals surface area contributed by atoms with E-state index in [9.17, 15) is 0 Å². The Morgan fingerprint density at radius 1 is 0.733 bits per heavy atom.